The molecule has 0 aliphatic heterocycles. The molecule has 0 unspecified atom stereocenters. The zero-order valence-electron chi connectivity index (χ0n) is 7.97. The van der Waals surface area contributed by atoms with Crippen molar-refractivity contribution in [2.45, 2.75) is 13.5 Å². The maximum atomic E-state index is 10.7. The number of rotatable bonds is 3. The molecular formula is C10H13NO3. The average Bonchev–Trinajstić information content (AvgIpc) is 2.16. The number of carbonyl (C=O) groups is 1. The molecule has 0 saturated heterocycles. The van der Waals surface area contributed by atoms with Crippen molar-refractivity contribution in [1.82, 2.24) is 4.90 Å². The van der Waals surface area contributed by atoms with Crippen molar-refractivity contribution in [3.05, 3.63) is 29.8 Å². The SMILES string of the molecule is CCN(Cc1ccc(O)cc1)C(=O)O. The van der Waals surface area contributed by atoms with Crippen molar-refractivity contribution in [3.63, 3.8) is 0 Å². The molecule has 0 heterocycles. The Morgan fingerprint density at radius 1 is 1.36 bits per heavy atom. The van der Waals surface area contributed by atoms with Crippen molar-refractivity contribution in [3.8, 4) is 5.75 Å². The van der Waals surface area contributed by atoms with Gasteiger partial charge < -0.3 is 15.1 Å². The molecule has 4 heteroatoms. The van der Waals surface area contributed by atoms with Crippen molar-refractivity contribution >= 4 is 6.09 Å². The minimum absolute atomic E-state index is 0.187. The second-order valence-electron chi connectivity index (χ2n) is 2.96. The van der Waals surface area contributed by atoms with Gasteiger partial charge in [-0.1, -0.05) is 12.1 Å². The fraction of sp³-hybridized carbons (Fsp3) is 0.300. The lowest BCUT2D eigenvalue weighted by atomic mass is 10.2. The van der Waals surface area contributed by atoms with E-state index < -0.39 is 6.09 Å². The Morgan fingerprint density at radius 3 is 2.36 bits per heavy atom. The van der Waals surface area contributed by atoms with Gasteiger partial charge in [-0.15, -0.1) is 0 Å². The molecule has 1 amide bonds. The van der Waals surface area contributed by atoms with Crippen LogP contribution in [0.4, 0.5) is 4.79 Å². The molecular weight excluding hydrogens is 182 g/mol. The van der Waals surface area contributed by atoms with Gasteiger partial charge in [0.1, 0.15) is 5.75 Å². The van der Waals surface area contributed by atoms with Gasteiger partial charge in [-0.2, -0.15) is 0 Å². The predicted octanol–water partition coefficient (Wildman–Crippen LogP) is 1.89. The molecule has 76 valence electrons. The highest BCUT2D eigenvalue weighted by molar-refractivity contribution is 5.64. The number of aromatic hydroxyl groups is 1. The largest absolute Gasteiger partial charge is 0.508 e. The summed E-state index contributed by atoms with van der Waals surface area (Å²) >= 11 is 0. The Balaban J connectivity index is 2.67. The first-order valence-electron chi connectivity index (χ1n) is 4.39. The van der Waals surface area contributed by atoms with Gasteiger partial charge in [0.2, 0.25) is 0 Å². The molecule has 0 aliphatic rings. The van der Waals surface area contributed by atoms with Crippen LogP contribution < -0.4 is 0 Å². The topological polar surface area (TPSA) is 60.8 Å². The lowest BCUT2D eigenvalue weighted by molar-refractivity contribution is 0.145. The maximum absolute atomic E-state index is 10.7. The molecule has 0 aliphatic carbocycles. The smallest absolute Gasteiger partial charge is 0.407 e. The Morgan fingerprint density at radius 2 is 1.93 bits per heavy atom. The van der Waals surface area contributed by atoms with Crippen molar-refractivity contribution < 1.29 is 15.0 Å². The Hall–Kier alpha value is -1.71. The first kappa shape index (κ1) is 10.4. The minimum atomic E-state index is -0.930. The summed E-state index contributed by atoms with van der Waals surface area (Å²) < 4.78 is 0. The summed E-state index contributed by atoms with van der Waals surface area (Å²) in [5, 5.41) is 17.8. The lowest BCUT2D eigenvalue weighted by Gasteiger charge is -2.16. The van der Waals surface area contributed by atoms with Gasteiger partial charge in [0, 0.05) is 13.1 Å². The van der Waals surface area contributed by atoms with Gasteiger partial charge >= 0.3 is 6.09 Å². The number of hydrogen-bond donors (Lipinski definition) is 2. The summed E-state index contributed by atoms with van der Waals surface area (Å²) in [6.45, 7) is 2.59. The van der Waals surface area contributed by atoms with Crippen LogP contribution in [0.15, 0.2) is 24.3 Å². The summed E-state index contributed by atoms with van der Waals surface area (Å²) in [4.78, 5) is 12.0. The molecule has 0 bridgehead atoms. The molecule has 1 aromatic rings. The van der Waals surface area contributed by atoms with Crippen LogP contribution >= 0.6 is 0 Å². The first-order chi connectivity index (χ1) is 6.63. The van der Waals surface area contributed by atoms with Crippen LogP contribution in [0.3, 0.4) is 0 Å². The van der Waals surface area contributed by atoms with E-state index >= 15 is 0 Å². The van der Waals surface area contributed by atoms with Gasteiger partial charge in [-0.05, 0) is 24.6 Å². The maximum Gasteiger partial charge on any atom is 0.407 e. The number of phenols is 1. The molecule has 0 radical (unpaired) electrons. The molecule has 0 saturated carbocycles. The van der Waals surface area contributed by atoms with Crippen LogP contribution in [-0.4, -0.2) is 27.8 Å². The molecule has 1 rings (SSSR count). The first-order valence-corrected chi connectivity index (χ1v) is 4.39. The van der Waals surface area contributed by atoms with Gasteiger partial charge in [-0.25, -0.2) is 4.79 Å². The number of nitrogens with zero attached hydrogens (tertiary/aromatic N) is 1. The second kappa shape index (κ2) is 4.50. The predicted molar refractivity (Wildman–Crippen MR) is 52.2 cm³/mol. The lowest BCUT2D eigenvalue weighted by Crippen LogP contribution is -2.28. The van der Waals surface area contributed by atoms with E-state index in [1.807, 2.05) is 0 Å². The third-order valence-corrected chi connectivity index (χ3v) is 1.96. The summed E-state index contributed by atoms with van der Waals surface area (Å²) in [7, 11) is 0. The molecule has 0 atom stereocenters. The highest BCUT2D eigenvalue weighted by atomic mass is 16.4. The van der Waals surface area contributed by atoms with Crippen LogP contribution in [0.25, 0.3) is 0 Å². The van der Waals surface area contributed by atoms with E-state index in [0.717, 1.165) is 5.56 Å². The van der Waals surface area contributed by atoms with Gasteiger partial charge in [0.25, 0.3) is 0 Å². The van der Waals surface area contributed by atoms with Gasteiger partial charge in [0.15, 0.2) is 0 Å². The van der Waals surface area contributed by atoms with Crippen LogP contribution in [0, 0.1) is 0 Å². The number of phenolic OH excluding ortho intramolecular Hbond substituents is 1. The van der Waals surface area contributed by atoms with Crippen LogP contribution in [0.1, 0.15) is 12.5 Å². The quantitative estimate of drug-likeness (QED) is 0.774. The summed E-state index contributed by atoms with van der Waals surface area (Å²) in [5.41, 5.74) is 0.868. The van der Waals surface area contributed by atoms with Crippen molar-refractivity contribution in [2.24, 2.45) is 0 Å². The number of benzene rings is 1. The second-order valence-corrected chi connectivity index (χ2v) is 2.96. The third-order valence-electron chi connectivity index (χ3n) is 1.96. The van der Waals surface area contributed by atoms with Gasteiger partial charge in [0.05, 0.1) is 0 Å². The molecule has 0 fully saturated rings. The number of amides is 1. The molecule has 2 N–H and O–H groups in total. The molecule has 1 aromatic carbocycles. The van der Waals surface area contributed by atoms with E-state index in [9.17, 15) is 4.79 Å². The third kappa shape index (κ3) is 2.65. The van der Waals surface area contributed by atoms with E-state index in [-0.39, 0.29) is 5.75 Å². The number of carboxylic acid groups (broad SMARTS) is 1. The van der Waals surface area contributed by atoms with E-state index in [1.165, 1.54) is 4.90 Å². The summed E-state index contributed by atoms with van der Waals surface area (Å²) in [6.07, 6.45) is -0.930. The molecule has 14 heavy (non-hydrogen) atoms. The van der Waals surface area contributed by atoms with Gasteiger partial charge in [-0.3, -0.25) is 0 Å². The standard InChI is InChI=1S/C10H13NO3/c1-2-11(10(13)14)7-8-3-5-9(12)6-4-8/h3-6,12H,2,7H2,1H3,(H,13,14). The van der Waals surface area contributed by atoms with E-state index in [4.69, 9.17) is 10.2 Å². The molecule has 4 nitrogen and oxygen atoms in total. The van der Waals surface area contributed by atoms with Crippen LogP contribution in [0.2, 0.25) is 0 Å². The van der Waals surface area contributed by atoms with Crippen molar-refractivity contribution in [1.29, 1.82) is 0 Å². The Kier molecular flexibility index (Phi) is 3.34. The molecule has 0 spiro atoms. The fourth-order valence-corrected chi connectivity index (χ4v) is 1.14. The average molecular weight is 195 g/mol. The van der Waals surface area contributed by atoms with E-state index in [1.54, 1.807) is 31.2 Å². The van der Waals surface area contributed by atoms with E-state index in [0.29, 0.717) is 13.1 Å². The Bertz CT molecular complexity index is 308. The minimum Gasteiger partial charge on any atom is -0.508 e. The number of hydrogen-bond acceptors (Lipinski definition) is 2. The zero-order valence-corrected chi connectivity index (χ0v) is 7.97. The summed E-state index contributed by atoms with van der Waals surface area (Å²) in [5.74, 6) is 0.187. The Labute approximate surface area is 82.4 Å². The molecule has 0 aromatic heterocycles. The van der Waals surface area contributed by atoms with Crippen molar-refractivity contribution in [2.75, 3.05) is 6.54 Å². The monoisotopic (exact) mass is 195 g/mol. The fourth-order valence-electron chi connectivity index (χ4n) is 1.14. The highest BCUT2D eigenvalue weighted by Crippen LogP contribution is 2.11. The van der Waals surface area contributed by atoms with E-state index in [2.05, 4.69) is 0 Å². The van der Waals surface area contributed by atoms with Crippen LogP contribution in [0.5, 0.6) is 5.75 Å². The highest BCUT2D eigenvalue weighted by Gasteiger charge is 2.08. The van der Waals surface area contributed by atoms with Crippen LogP contribution in [-0.2, 0) is 6.54 Å². The summed E-state index contributed by atoms with van der Waals surface area (Å²) in [6, 6.07) is 6.51. The zero-order chi connectivity index (χ0) is 10.6. The normalized spacial score (nSPS) is 9.79.